The largest absolute Gasteiger partial charge is 0.348 e. The van der Waals surface area contributed by atoms with E-state index in [-0.39, 0.29) is 0 Å². The zero-order valence-electron chi connectivity index (χ0n) is 10.0. The van der Waals surface area contributed by atoms with Crippen molar-refractivity contribution in [3.05, 3.63) is 52.6 Å². The Morgan fingerprint density at radius 1 is 1.24 bits per heavy atom. The summed E-state index contributed by atoms with van der Waals surface area (Å²) in [5.41, 5.74) is 2.39. The number of H-pyrrole nitrogens is 1. The van der Waals surface area contributed by atoms with Gasteiger partial charge in [0.15, 0.2) is 0 Å². The summed E-state index contributed by atoms with van der Waals surface area (Å²) in [4.78, 5) is 7.77. The van der Waals surface area contributed by atoms with E-state index in [4.69, 9.17) is 11.6 Å². The third kappa shape index (κ3) is 3.60. The van der Waals surface area contributed by atoms with Crippen LogP contribution >= 0.6 is 11.6 Å². The van der Waals surface area contributed by atoms with E-state index in [2.05, 4.69) is 23.0 Å². The Kier molecular flexibility index (Phi) is 4.21. The van der Waals surface area contributed by atoms with E-state index in [1.807, 2.05) is 24.4 Å². The van der Waals surface area contributed by atoms with Crippen molar-refractivity contribution in [3.8, 4) is 0 Å². The first-order chi connectivity index (χ1) is 8.28. The van der Waals surface area contributed by atoms with Crippen LogP contribution < -0.4 is 0 Å². The standard InChI is InChI=1S/C14H17ClN2/c1-2-4-14-16-10-13(17-14)8-7-11-5-3-6-12(15)9-11/h3,5-6,9-10H,2,4,7-8H2,1H3,(H,16,17). The van der Waals surface area contributed by atoms with Gasteiger partial charge >= 0.3 is 0 Å². The molecule has 0 bridgehead atoms. The van der Waals surface area contributed by atoms with Crippen molar-refractivity contribution < 1.29 is 0 Å². The van der Waals surface area contributed by atoms with Gasteiger partial charge in [-0.1, -0.05) is 30.7 Å². The highest BCUT2D eigenvalue weighted by Crippen LogP contribution is 2.12. The summed E-state index contributed by atoms with van der Waals surface area (Å²) in [5, 5.41) is 0.802. The molecule has 3 heteroatoms. The van der Waals surface area contributed by atoms with Gasteiger partial charge < -0.3 is 4.98 Å². The summed E-state index contributed by atoms with van der Waals surface area (Å²) in [6.07, 6.45) is 6.10. The fourth-order valence-electron chi connectivity index (χ4n) is 1.86. The molecule has 90 valence electrons. The molecule has 0 aliphatic carbocycles. The number of hydrogen-bond acceptors (Lipinski definition) is 1. The molecule has 0 amide bonds. The topological polar surface area (TPSA) is 28.7 Å². The normalized spacial score (nSPS) is 10.7. The van der Waals surface area contributed by atoms with Gasteiger partial charge in [-0.2, -0.15) is 0 Å². The minimum absolute atomic E-state index is 0.802. The molecule has 2 rings (SSSR count). The molecule has 0 saturated carbocycles. The predicted molar refractivity (Wildman–Crippen MR) is 71.4 cm³/mol. The number of nitrogens with zero attached hydrogens (tertiary/aromatic N) is 1. The molecule has 0 atom stereocenters. The van der Waals surface area contributed by atoms with Crippen molar-refractivity contribution in [2.24, 2.45) is 0 Å². The van der Waals surface area contributed by atoms with Crippen molar-refractivity contribution in [1.82, 2.24) is 9.97 Å². The zero-order valence-corrected chi connectivity index (χ0v) is 10.8. The van der Waals surface area contributed by atoms with Gasteiger partial charge in [0.2, 0.25) is 0 Å². The Morgan fingerprint density at radius 3 is 2.88 bits per heavy atom. The molecule has 0 spiro atoms. The molecule has 0 saturated heterocycles. The maximum absolute atomic E-state index is 5.95. The maximum Gasteiger partial charge on any atom is 0.106 e. The molecule has 0 unspecified atom stereocenters. The average Bonchev–Trinajstić information content (AvgIpc) is 2.75. The summed E-state index contributed by atoms with van der Waals surface area (Å²) in [6, 6.07) is 8.01. The lowest BCUT2D eigenvalue weighted by atomic mass is 10.1. The molecule has 1 N–H and O–H groups in total. The number of nitrogens with one attached hydrogen (secondary N) is 1. The highest BCUT2D eigenvalue weighted by molar-refractivity contribution is 6.30. The van der Waals surface area contributed by atoms with E-state index >= 15 is 0 Å². The average molecular weight is 249 g/mol. The summed E-state index contributed by atoms with van der Waals surface area (Å²) in [5.74, 6) is 1.09. The lowest BCUT2D eigenvalue weighted by Gasteiger charge is -1.99. The third-order valence-electron chi connectivity index (χ3n) is 2.73. The van der Waals surface area contributed by atoms with E-state index < -0.39 is 0 Å². The van der Waals surface area contributed by atoms with Crippen LogP contribution in [0.1, 0.15) is 30.4 Å². The number of hydrogen-bond donors (Lipinski definition) is 1. The third-order valence-corrected chi connectivity index (χ3v) is 2.96. The first kappa shape index (κ1) is 12.2. The number of aromatic nitrogens is 2. The Bertz CT molecular complexity index is 477. The van der Waals surface area contributed by atoms with E-state index in [1.165, 1.54) is 5.56 Å². The molecular formula is C14H17ClN2. The fraction of sp³-hybridized carbons (Fsp3) is 0.357. The zero-order chi connectivity index (χ0) is 12.1. The van der Waals surface area contributed by atoms with E-state index in [9.17, 15) is 0 Å². The molecule has 0 fully saturated rings. The lowest BCUT2D eigenvalue weighted by Crippen LogP contribution is -1.92. The number of imidazole rings is 1. The molecule has 0 aliphatic heterocycles. The minimum Gasteiger partial charge on any atom is -0.348 e. The van der Waals surface area contributed by atoms with Crippen LogP contribution in [0.15, 0.2) is 30.5 Å². The van der Waals surface area contributed by atoms with Gasteiger partial charge in [-0.3, -0.25) is 0 Å². The quantitative estimate of drug-likeness (QED) is 0.857. The van der Waals surface area contributed by atoms with Crippen LogP contribution in [-0.4, -0.2) is 9.97 Å². The SMILES string of the molecule is CCCc1nc(CCc2cccc(Cl)c2)c[nH]1. The molecule has 1 aromatic carbocycles. The van der Waals surface area contributed by atoms with Gasteiger partial charge in [0.05, 0.1) is 5.69 Å². The summed E-state index contributed by atoms with van der Waals surface area (Å²) in [7, 11) is 0. The molecular weight excluding hydrogens is 232 g/mol. The van der Waals surface area contributed by atoms with E-state index in [0.717, 1.165) is 42.2 Å². The second-order valence-corrected chi connectivity index (χ2v) is 4.65. The maximum atomic E-state index is 5.95. The Balaban J connectivity index is 1.93. The smallest absolute Gasteiger partial charge is 0.106 e. The van der Waals surface area contributed by atoms with Crippen LogP contribution in [-0.2, 0) is 19.3 Å². The van der Waals surface area contributed by atoms with Gasteiger partial charge in [0.1, 0.15) is 5.82 Å². The molecule has 2 aromatic rings. The van der Waals surface area contributed by atoms with Gasteiger partial charge in [-0.05, 0) is 37.0 Å². The van der Waals surface area contributed by atoms with E-state index in [1.54, 1.807) is 0 Å². The molecule has 1 heterocycles. The number of aryl methyl sites for hydroxylation is 3. The van der Waals surface area contributed by atoms with Crippen molar-refractivity contribution in [3.63, 3.8) is 0 Å². The Labute approximate surface area is 107 Å². The fourth-order valence-corrected chi connectivity index (χ4v) is 2.08. The number of halogens is 1. The summed E-state index contributed by atoms with van der Waals surface area (Å²) >= 11 is 5.95. The van der Waals surface area contributed by atoms with Crippen molar-refractivity contribution >= 4 is 11.6 Å². The van der Waals surface area contributed by atoms with E-state index in [0.29, 0.717) is 0 Å². The lowest BCUT2D eigenvalue weighted by molar-refractivity contribution is 0.842. The summed E-state index contributed by atoms with van der Waals surface area (Å²) in [6.45, 7) is 2.16. The minimum atomic E-state index is 0.802. The van der Waals surface area contributed by atoms with Crippen LogP contribution in [0.5, 0.6) is 0 Å². The predicted octanol–water partition coefficient (Wildman–Crippen LogP) is 3.80. The molecule has 0 aliphatic rings. The van der Waals surface area contributed by atoms with Crippen LogP contribution in [0.4, 0.5) is 0 Å². The van der Waals surface area contributed by atoms with Gasteiger partial charge in [0, 0.05) is 17.6 Å². The van der Waals surface area contributed by atoms with Crippen molar-refractivity contribution in [2.45, 2.75) is 32.6 Å². The molecule has 17 heavy (non-hydrogen) atoms. The first-order valence-corrected chi connectivity index (χ1v) is 6.43. The van der Waals surface area contributed by atoms with Gasteiger partial charge in [-0.25, -0.2) is 4.98 Å². The van der Waals surface area contributed by atoms with Gasteiger partial charge in [-0.15, -0.1) is 0 Å². The monoisotopic (exact) mass is 248 g/mol. The highest BCUT2D eigenvalue weighted by atomic mass is 35.5. The molecule has 0 radical (unpaired) electrons. The van der Waals surface area contributed by atoms with Gasteiger partial charge in [0.25, 0.3) is 0 Å². The van der Waals surface area contributed by atoms with Crippen LogP contribution in [0.25, 0.3) is 0 Å². The number of benzene rings is 1. The second kappa shape index (κ2) is 5.87. The highest BCUT2D eigenvalue weighted by Gasteiger charge is 2.01. The van der Waals surface area contributed by atoms with Crippen LogP contribution in [0, 0.1) is 0 Å². The van der Waals surface area contributed by atoms with Crippen LogP contribution in [0.3, 0.4) is 0 Å². The second-order valence-electron chi connectivity index (χ2n) is 4.22. The number of aromatic amines is 1. The van der Waals surface area contributed by atoms with Crippen molar-refractivity contribution in [1.29, 1.82) is 0 Å². The Morgan fingerprint density at radius 2 is 2.12 bits per heavy atom. The van der Waals surface area contributed by atoms with Crippen LogP contribution in [0.2, 0.25) is 5.02 Å². The number of rotatable bonds is 5. The summed E-state index contributed by atoms with van der Waals surface area (Å²) < 4.78 is 0. The Hall–Kier alpha value is -1.28. The van der Waals surface area contributed by atoms with Crippen molar-refractivity contribution in [2.75, 3.05) is 0 Å². The molecule has 1 aromatic heterocycles. The first-order valence-electron chi connectivity index (χ1n) is 6.05. The molecule has 2 nitrogen and oxygen atoms in total.